The third-order valence-corrected chi connectivity index (χ3v) is 4.12. The monoisotopic (exact) mass is 303 g/mol. The number of benzene rings is 1. The molecule has 0 radical (unpaired) electrons. The topological polar surface area (TPSA) is 26.0 Å². The summed E-state index contributed by atoms with van der Waals surface area (Å²) in [6, 6.07) is 2.64. The van der Waals surface area contributed by atoms with Crippen LogP contribution in [0, 0.1) is 11.7 Å². The Morgan fingerprint density at radius 3 is 2.48 bits per heavy atom. The fourth-order valence-corrected chi connectivity index (χ4v) is 2.66. The normalized spacial score (nSPS) is 17.0. The Bertz CT molecular complexity index is 492. The summed E-state index contributed by atoms with van der Waals surface area (Å²) in [6.45, 7) is 1.66. The van der Waals surface area contributed by atoms with Crippen LogP contribution >= 0.6 is 0 Å². The fraction of sp³-hybridized carbons (Fsp3) is 0.625. The van der Waals surface area contributed by atoms with Gasteiger partial charge in [0.15, 0.2) is 0 Å². The van der Waals surface area contributed by atoms with Crippen LogP contribution < -0.4 is 5.73 Å². The number of hydrogen-bond acceptors (Lipinski definition) is 1. The number of halogens is 4. The van der Waals surface area contributed by atoms with Crippen LogP contribution in [-0.4, -0.2) is 6.04 Å². The fourth-order valence-electron chi connectivity index (χ4n) is 2.66. The zero-order chi connectivity index (χ0) is 15.6. The second kappa shape index (κ2) is 6.34. The van der Waals surface area contributed by atoms with Crippen molar-refractivity contribution in [1.29, 1.82) is 0 Å². The molecule has 2 rings (SSSR count). The minimum atomic E-state index is -4.64. The lowest BCUT2D eigenvalue weighted by Crippen LogP contribution is -2.22. The SMILES string of the molecule is CCc1cc(CCC[C@@H](N)C2CC2)cc(C(F)(F)F)c1F. The van der Waals surface area contributed by atoms with Crippen molar-refractivity contribution in [3.63, 3.8) is 0 Å². The van der Waals surface area contributed by atoms with Crippen molar-refractivity contribution < 1.29 is 17.6 Å². The van der Waals surface area contributed by atoms with E-state index in [1.807, 2.05) is 0 Å². The van der Waals surface area contributed by atoms with Gasteiger partial charge in [0.1, 0.15) is 5.82 Å². The third-order valence-electron chi connectivity index (χ3n) is 4.12. The third kappa shape index (κ3) is 4.19. The van der Waals surface area contributed by atoms with E-state index in [0.717, 1.165) is 31.7 Å². The van der Waals surface area contributed by atoms with E-state index in [2.05, 4.69) is 0 Å². The average molecular weight is 303 g/mol. The summed E-state index contributed by atoms with van der Waals surface area (Å²) in [7, 11) is 0. The van der Waals surface area contributed by atoms with Crippen molar-refractivity contribution in [2.24, 2.45) is 11.7 Å². The molecule has 0 aliphatic heterocycles. The molecule has 0 amide bonds. The van der Waals surface area contributed by atoms with Gasteiger partial charge in [-0.2, -0.15) is 13.2 Å². The van der Waals surface area contributed by atoms with E-state index < -0.39 is 17.6 Å². The molecule has 1 aromatic carbocycles. The quantitative estimate of drug-likeness (QED) is 0.771. The van der Waals surface area contributed by atoms with Gasteiger partial charge in [0.25, 0.3) is 0 Å². The standard InChI is InChI=1S/C16H21F4N/c1-2-11-8-10(4-3-5-14(21)12-6-7-12)9-13(15(11)17)16(18,19)20/h8-9,12,14H,2-7,21H2,1H3/t14-/m1/s1. The van der Waals surface area contributed by atoms with Gasteiger partial charge in [-0.05, 0) is 61.6 Å². The van der Waals surface area contributed by atoms with Crippen LogP contribution in [0.2, 0.25) is 0 Å². The van der Waals surface area contributed by atoms with Crippen LogP contribution in [0.25, 0.3) is 0 Å². The molecular formula is C16H21F4N. The van der Waals surface area contributed by atoms with E-state index in [0.29, 0.717) is 17.9 Å². The van der Waals surface area contributed by atoms with Crippen molar-refractivity contribution in [1.82, 2.24) is 0 Å². The molecule has 1 nitrogen and oxygen atoms in total. The number of hydrogen-bond donors (Lipinski definition) is 1. The summed E-state index contributed by atoms with van der Waals surface area (Å²) < 4.78 is 52.3. The molecule has 1 atom stereocenters. The highest BCUT2D eigenvalue weighted by Gasteiger charge is 2.35. The highest BCUT2D eigenvalue weighted by Crippen LogP contribution is 2.35. The lowest BCUT2D eigenvalue weighted by molar-refractivity contribution is -0.140. The molecule has 1 fully saturated rings. The Balaban J connectivity index is 2.07. The van der Waals surface area contributed by atoms with Gasteiger partial charge >= 0.3 is 6.18 Å². The zero-order valence-electron chi connectivity index (χ0n) is 12.1. The summed E-state index contributed by atoms with van der Waals surface area (Å²) >= 11 is 0. The molecule has 2 N–H and O–H groups in total. The lowest BCUT2D eigenvalue weighted by atomic mass is 9.97. The van der Waals surface area contributed by atoms with Crippen molar-refractivity contribution in [3.8, 4) is 0 Å². The largest absolute Gasteiger partial charge is 0.419 e. The smallest absolute Gasteiger partial charge is 0.327 e. The van der Waals surface area contributed by atoms with E-state index in [4.69, 9.17) is 5.73 Å². The summed E-state index contributed by atoms with van der Waals surface area (Å²) in [4.78, 5) is 0. The summed E-state index contributed by atoms with van der Waals surface area (Å²) in [6.07, 6.45) is -0.00398. The molecule has 1 aliphatic rings. The molecule has 5 heteroatoms. The van der Waals surface area contributed by atoms with Gasteiger partial charge in [-0.15, -0.1) is 0 Å². The van der Waals surface area contributed by atoms with Crippen LogP contribution in [0.3, 0.4) is 0 Å². The van der Waals surface area contributed by atoms with Gasteiger partial charge in [0, 0.05) is 6.04 Å². The Hall–Kier alpha value is -1.10. The molecule has 0 bridgehead atoms. The van der Waals surface area contributed by atoms with E-state index in [-0.39, 0.29) is 18.0 Å². The Morgan fingerprint density at radius 2 is 1.95 bits per heavy atom. The van der Waals surface area contributed by atoms with Gasteiger partial charge in [-0.1, -0.05) is 13.0 Å². The molecular weight excluding hydrogens is 282 g/mol. The molecule has 118 valence electrons. The molecule has 0 saturated heterocycles. The molecule has 1 aromatic rings. The Labute approximate surface area is 122 Å². The number of rotatable bonds is 6. The minimum absolute atomic E-state index is 0.131. The number of nitrogens with two attached hydrogens (primary N) is 1. The first-order chi connectivity index (χ1) is 9.82. The average Bonchev–Trinajstić information content (AvgIpc) is 3.23. The van der Waals surface area contributed by atoms with E-state index in [1.54, 1.807) is 13.0 Å². The molecule has 0 spiro atoms. The van der Waals surface area contributed by atoms with Crippen LogP contribution in [0.5, 0.6) is 0 Å². The number of alkyl halides is 3. The van der Waals surface area contributed by atoms with E-state index in [1.165, 1.54) is 0 Å². The predicted molar refractivity (Wildman–Crippen MR) is 74.4 cm³/mol. The first kappa shape index (κ1) is 16.3. The molecule has 0 aromatic heterocycles. The Morgan fingerprint density at radius 1 is 1.29 bits per heavy atom. The molecule has 0 unspecified atom stereocenters. The van der Waals surface area contributed by atoms with Gasteiger partial charge in [0.2, 0.25) is 0 Å². The molecule has 21 heavy (non-hydrogen) atoms. The maximum Gasteiger partial charge on any atom is 0.419 e. The highest BCUT2D eigenvalue weighted by molar-refractivity contribution is 5.34. The second-order valence-electron chi connectivity index (χ2n) is 5.86. The predicted octanol–water partition coefficient (Wildman–Crippen LogP) is 4.47. The van der Waals surface area contributed by atoms with Crippen molar-refractivity contribution >= 4 is 0 Å². The van der Waals surface area contributed by atoms with Crippen LogP contribution in [0.15, 0.2) is 12.1 Å². The maximum absolute atomic E-state index is 13.8. The first-order valence-corrected chi connectivity index (χ1v) is 7.47. The molecule has 1 aliphatic carbocycles. The van der Waals surface area contributed by atoms with Gasteiger partial charge < -0.3 is 5.73 Å². The zero-order valence-corrected chi connectivity index (χ0v) is 12.1. The van der Waals surface area contributed by atoms with Crippen LogP contribution in [-0.2, 0) is 19.0 Å². The second-order valence-corrected chi connectivity index (χ2v) is 5.86. The number of aryl methyl sites for hydroxylation is 2. The Kier molecular flexibility index (Phi) is 4.91. The summed E-state index contributed by atoms with van der Waals surface area (Å²) in [5, 5.41) is 0. The maximum atomic E-state index is 13.8. The summed E-state index contributed by atoms with van der Waals surface area (Å²) in [5.74, 6) is -0.543. The lowest BCUT2D eigenvalue weighted by Gasteiger charge is -2.14. The van der Waals surface area contributed by atoms with E-state index >= 15 is 0 Å². The highest BCUT2D eigenvalue weighted by atomic mass is 19.4. The van der Waals surface area contributed by atoms with Crippen LogP contribution in [0.4, 0.5) is 17.6 Å². The van der Waals surface area contributed by atoms with E-state index in [9.17, 15) is 17.6 Å². The molecule has 0 heterocycles. The van der Waals surface area contributed by atoms with Crippen molar-refractivity contribution in [2.45, 2.75) is 57.7 Å². The van der Waals surface area contributed by atoms with Gasteiger partial charge in [-0.3, -0.25) is 0 Å². The minimum Gasteiger partial charge on any atom is -0.327 e. The van der Waals surface area contributed by atoms with Gasteiger partial charge in [0.05, 0.1) is 5.56 Å². The first-order valence-electron chi connectivity index (χ1n) is 7.47. The summed E-state index contributed by atoms with van der Waals surface area (Å²) in [5.41, 5.74) is 5.51. The van der Waals surface area contributed by atoms with Crippen molar-refractivity contribution in [2.75, 3.05) is 0 Å². The van der Waals surface area contributed by atoms with Gasteiger partial charge in [-0.25, -0.2) is 4.39 Å². The molecule has 1 saturated carbocycles. The van der Waals surface area contributed by atoms with Crippen molar-refractivity contribution in [3.05, 3.63) is 34.6 Å². The van der Waals surface area contributed by atoms with Crippen LogP contribution in [0.1, 0.15) is 49.3 Å².